The first-order valence-electron chi connectivity index (χ1n) is 13.2. The van der Waals surface area contributed by atoms with Gasteiger partial charge < -0.3 is 44.8 Å². The number of nitrogens with one attached hydrogen (secondary N) is 1. The lowest BCUT2D eigenvalue weighted by atomic mass is 10.1. The van der Waals surface area contributed by atoms with Gasteiger partial charge in [-0.25, -0.2) is 4.79 Å². The van der Waals surface area contributed by atoms with Crippen LogP contribution in [-0.4, -0.2) is 78.9 Å². The van der Waals surface area contributed by atoms with Crippen molar-refractivity contribution in [2.75, 3.05) is 51.3 Å². The lowest BCUT2D eigenvalue weighted by molar-refractivity contribution is -0.903. The minimum absolute atomic E-state index is 0.313. The number of carbonyl (C=O) groups is 1. The van der Waals surface area contributed by atoms with Crippen molar-refractivity contribution < 1.29 is 44.7 Å². The largest absolute Gasteiger partial charge is 0.872 e. The molecule has 0 aliphatic carbocycles. The monoisotopic (exact) mass is 562 g/mol. The number of phenolic OH excluding ortho intramolecular Hbond substituents is 1. The Labute approximate surface area is 237 Å². The van der Waals surface area contributed by atoms with Gasteiger partial charge in [0.05, 0.1) is 44.5 Å². The van der Waals surface area contributed by atoms with E-state index in [-0.39, 0.29) is 0 Å². The highest BCUT2D eigenvalue weighted by atomic mass is 16.5. The Balaban J connectivity index is 0.000000271. The number of benzene rings is 4. The van der Waals surface area contributed by atoms with Gasteiger partial charge in [-0.15, -0.1) is 0 Å². The van der Waals surface area contributed by atoms with Crippen LogP contribution in [0.15, 0.2) is 78.9 Å². The van der Waals surface area contributed by atoms with Gasteiger partial charge in [-0.1, -0.05) is 54.3 Å². The molecule has 10 heteroatoms. The summed E-state index contributed by atoms with van der Waals surface area (Å²) in [4.78, 5) is 14.1. The van der Waals surface area contributed by atoms with Crippen LogP contribution in [0.25, 0.3) is 10.8 Å². The summed E-state index contributed by atoms with van der Waals surface area (Å²) in [7, 11) is 1.71. The Bertz CT molecular complexity index is 1440. The summed E-state index contributed by atoms with van der Waals surface area (Å²) in [5, 5.41) is 49.6. The van der Waals surface area contributed by atoms with Gasteiger partial charge in [-0.3, -0.25) is 0 Å². The number of piperazine rings is 1. The molecule has 4 aromatic rings. The number of rotatable bonds is 8. The van der Waals surface area contributed by atoms with E-state index in [0.717, 1.165) is 66.3 Å². The van der Waals surface area contributed by atoms with Crippen LogP contribution in [0, 0.1) is 0 Å². The summed E-state index contributed by atoms with van der Waals surface area (Å²) < 4.78 is 11.4. The molecular formula is C31H34N2O8. The number of fused-ring (bicyclic) bond motifs is 1. The lowest BCUT2D eigenvalue weighted by Gasteiger charge is -2.35. The number of aliphatic hydroxyl groups is 1. The van der Waals surface area contributed by atoms with Crippen LogP contribution < -0.4 is 24.4 Å². The molecule has 216 valence electrons. The number of methoxy groups -OCH3 is 1. The molecule has 10 nitrogen and oxygen atoms in total. The molecule has 4 aromatic carbocycles. The maximum absolute atomic E-state index is 10.8. The molecule has 0 spiro atoms. The molecule has 1 aliphatic rings. The van der Waals surface area contributed by atoms with E-state index >= 15 is 0 Å². The Hall–Kier alpha value is -4.67. The predicted molar refractivity (Wildman–Crippen MR) is 152 cm³/mol. The highest BCUT2D eigenvalue weighted by molar-refractivity contribution is 5.94. The molecule has 0 bridgehead atoms. The minimum atomic E-state index is -1.52. The first kappa shape index (κ1) is 29.3. The van der Waals surface area contributed by atoms with Crippen LogP contribution in [0.5, 0.6) is 28.7 Å². The van der Waals surface area contributed by atoms with Crippen molar-refractivity contribution in [3.05, 3.63) is 84.4 Å². The lowest BCUT2D eigenvalue weighted by Crippen LogP contribution is -3.16. The number of hydrogen-bond donors (Lipinski definition) is 5. The third-order valence-corrected chi connectivity index (χ3v) is 6.88. The van der Waals surface area contributed by atoms with E-state index in [0.29, 0.717) is 13.2 Å². The van der Waals surface area contributed by atoms with Crippen molar-refractivity contribution in [2.45, 2.75) is 6.10 Å². The molecule has 5 N–H and O–H groups in total. The number of anilines is 1. The quantitative estimate of drug-likeness (QED) is 0.217. The van der Waals surface area contributed by atoms with Crippen molar-refractivity contribution in [2.24, 2.45) is 0 Å². The van der Waals surface area contributed by atoms with E-state index in [1.807, 2.05) is 42.5 Å². The average Bonchev–Trinajstić information content (AvgIpc) is 2.96. The van der Waals surface area contributed by atoms with Gasteiger partial charge >= 0.3 is 5.97 Å². The first-order valence-corrected chi connectivity index (χ1v) is 13.2. The fourth-order valence-electron chi connectivity index (χ4n) is 4.86. The van der Waals surface area contributed by atoms with E-state index in [2.05, 4.69) is 29.2 Å². The molecule has 1 heterocycles. The molecule has 0 saturated carbocycles. The molecule has 1 atom stereocenters. The van der Waals surface area contributed by atoms with Gasteiger partial charge in [0, 0.05) is 11.5 Å². The van der Waals surface area contributed by atoms with Crippen molar-refractivity contribution in [1.29, 1.82) is 0 Å². The minimum Gasteiger partial charge on any atom is -0.872 e. The maximum Gasteiger partial charge on any atom is 0.338 e. The number of hydrogen-bond acceptors (Lipinski definition) is 8. The SMILES string of the molecule is COc1ccccc1N1CC[NH+](C[C@H](O)COc2cccc3ccccc23)CC1.O=C(O)c1c([O-])cc(O)cc1O. The van der Waals surface area contributed by atoms with Gasteiger partial charge in [0.2, 0.25) is 0 Å². The van der Waals surface area contributed by atoms with E-state index in [1.54, 1.807) is 7.11 Å². The smallest absolute Gasteiger partial charge is 0.338 e. The highest BCUT2D eigenvalue weighted by Gasteiger charge is 2.24. The van der Waals surface area contributed by atoms with Crippen LogP contribution >= 0.6 is 0 Å². The van der Waals surface area contributed by atoms with E-state index in [1.165, 1.54) is 4.90 Å². The Kier molecular flexibility index (Phi) is 9.73. The van der Waals surface area contributed by atoms with Gasteiger partial charge in [0.15, 0.2) is 0 Å². The average molecular weight is 563 g/mol. The third kappa shape index (κ3) is 7.50. The number of aliphatic hydroxyl groups excluding tert-OH is 1. The number of ether oxygens (including phenoxy) is 2. The fraction of sp³-hybridized carbons (Fsp3) is 0.258. The second kappa shape index (κ2) is 13.6. The molecule has 1 fully saturated rings. The van der Waals surface area contributed by atoms with E-state index < -0.39 is 34.9 Å². The zero-order chi connectivity index (χ0) is 29.4. The van der Waals surface area contributed by atoms with Crippen molar-refractivity contribution in [3.8, 4) is 28.7 Å². The Morgan fingerprint density at radius 3 is 2.34 bits per heavy atom. The van der Waals surface area contributed by atoms with Gasteiger partial charge in [-0.2, -0.15) is 0 Å². The summed E-state index contributed by atoms with van der Waals surface area (Å²) in [6, 6.07) is 23.9. The number of quaternary nitrogens is 1. The number of aromatic carboxylic acids is 1. The van der Waals surface area contributed by atoms with Crippen LogP contribution in [0.2, 0.25) is 0 Å². The zero-order valence-corrected chi connectivity index (χ0v) is 22.7. The molecular weight excluding hydrogens is 528 g/mol. The second-order valence-corrected chi connectivity index (χ2v) is 9.70. The first-order chi connectivity index (χ1) is 19.8. The third-order valence-electron chi connectivity index (χ3n) is 6.88. The standard InChI is InChI=1S/C24H28N2O3.C7H6O5/c1-28-24-11-5-4-10-22(24)26-15-13-25(14-16-26)17-20(27)18-29-23-12-6-8-19-7-2-3-9-21(19)23;8-3-1-4(9)6(7(11)12)5(10)2-3/h2-12,20,27H,13-18H2,1H3;1-2,8-10H,(H,11,12)/t20-;/m0./s1. The van der Waals surface area contributed by atoms with Gasteiger partial charge in [0.1, 0.15) is 42.3 Å². The van der Waals surface area contributed by atoms with Gasteiger partial charge in [-0.05, 0) is 29.7 Å². The van der Waals surface area contributed by atoms with Gasteiger partial charge in [0.25, 0.3) is 0 Å². The number of carboxylic acids is 1. The molecule has 0 aromatic heterocycles. The van der Waals surface area contributed by atoms with Crippen LogP contribution in [0.3, 0.4) is 0 Å². The molecule has 0 radical (unpaired) electrons. The number of phenols is 2. The molecule has 41 heavy (non-hydrogen) atoms. The summed E-state index contributed by atoms with van der Waals surface area (Å²) in [5.41, 5.74) is 0.418. The highest BCUT2D eigenvalue weighted by Crippen LogP contribution is 2.30. The second-order valence-electron chi connectivity index (χ2n) is 9.70. The maximum atomic E-state index is 10.8. The van der Waals surface area contributed by atoms with Crippen molar-refractivity contribution in [1.82, 2.24) is 0 Å². The number of aromatic hydroxyl groups is 2. The van der Waals surface area contributed by atoms with Crippen molar-refractivity contribution in [3.63, 3.8) is 0 Å². The number of carboxylic acid groups (broad SMARTS) is 1. The van der Waals surface area contributed by atoms with E-state index in [9.17, 15) is 15.0 Å². The number of nitrogens with zero attached hydrogens (tertiary/aromatic N) is 1. The Morgan fingerprint density at radius 1 is 0.976 bits per heavy atom. The summed E-state index contributed by atoms with van der Waals surface area (Å²) >= 11 is 0. The molecule has 0 amide bonds. The van der Waals surface area contributed by atoms with Crippen molar-refractivity contribution >= 4 is 22.4 Å². The number of para-hydroxylation sites is 2. The zero-order valence-electron chi connectivity index (χ0n) is 22.7. The van der Waals surface area contributed by atoms with Crippen LogP contribution in [0.4, 0.5) is 5.69 Å². The summed E-state index contributed by atoms with van der Waals surface area (Å²) in [5.74, 6) is -1.87. The molecule has 0 unspecified atom stereocenters. The normalized spacial score (nSPS) is 14.1. The topological polar surface area (TPSA) is 147 Å². The Morgan fingerprint density at radius 2 is 1.63 bits per heavy atom. The van der Waals surface area contributed by atoms with E-state index in [4.69, 9.17) is 24.8 Å². The predicted octanol–water partition coefficient (Wildman–Crippen LogP) is 1.86. The van der Waals surface area contributed by atoms with Crippen LogP contribution in [0.1, 0.15) is 10.4 Å². The molecule has 1 aliphatic heterocycles. The summed E-state index contributed by atoms with van der Waals surface area (Å²) in [6.45, 7) is 4.89. The van der Waals surface area contributed by atoms with Crippen LogP contribution in [-0.2, 0) is 0 Å². The fourth-order valence-corrected chi connectivity index (χ4v) is 4.86. The molecule has 1 saturated heterocycles. The molecule has 5 rings (SSSR count). The summed E-state index contributed by atoms with van der Waals surface area (Å²) in [6.07, 6.45) is -0.484.